The number of aliphatic carboxylic acids is 2. The van der Waals surface area contributed by atoms with Crippen LogP contribution in [-0.2, 0) is 28.7 Å². The number of carbonyl (C=O) groups excluding carboxylic acids is 2. The molecule has 0 aliphatic heterocycles. The van der Waals surface area contributed by atoms with Crippen LogP contribution in [0.3, 0.4) is 0 Å². The molecule has 0 atom stereocenters. The van der Waals surface area contributed by atoms with Crippen molar-refractivity contribution in [3.05, 3.63) is 0 Å². The Bertz CT molecular complexity index is 237. The highest BCUT2D eigenvalue weighted by atomic mass is 16.5. The van der Waals surface area contributed by atoms with E-state index in [4.69, 9.17) is 19.8 Å². The third-order valence-electron chi connectivity index (χ3n) is 0.695. The zero-order valence-corrected chi connectivity index (χ0v) is 12.8. The topological polar surface area (TPSA) is 127 Å². The number of ether oxygens (including phenoxy) is 2. The monoisotopic (exact) mass is 296 g/mol. The third-order valence-corrected chi connectivity index (χ3v) is 0.695. The first kappa shape index (κ1) is 26.4. The van der Waals surface area contributed by atoms with Crippen molar-refractivity contribution in [3.8, 4) is 0 Å². The summed E-state index contributed by atoms with van der Waals surface area (Å²) >= 11 is 0. The molecule has 2 N–H and O–H groups in total. The van der Waals surface area contributed by atoms with Gasteiger partial charge in [0.05, 0.1) is 13.2 Å². The van der Waals surface area contributed by atoms with Gasteiger partial charge in [0.25, 0.3) is 11.9 Å². The van der Waals surface area contributed by atoms with Crippen LogP contribution in [0.5, 0.6) is 0 Å². The van der Waals surface area contributed by atoms with E-state index in [9.17, 15) is 9.59 Å². The minimum atomic E-state index is -0.833. The van der Waals surface area contributed by atoms with Crippen molar-refractivity contribution in [1.82, 2.24) is 0 Å². The van der Waals surface area contributed by atoms with Crippen molar-refractivity contribution in [2.45, 2.75) is 41.5 Å². The van der Waals surface area contributed by atoms with Crippen LogP contribution in [0.4, 0.5) is 0 Å². The Hall–Kier alpha value is -2.12. The molecule has 0 saturated heterocycles. The first-order valence-electron chi connectivity index (χ1n) is 5.66. The lowest BCUT2D eigenvalue weighted by atomic mass is 10.8. The van der Waals surface area contributed by atoms with Crippen LogP contribution < -0.4 is 0 Å². The fraction of sp³-hybridized carbons (Fsp3) is 0.667. The standard InChI is InChI=1S/2C4H8O2.2C2H4O2/c2*1-3-6-4(2)5;2*1-2(3)4/h2*3H2,1-2H3;2*1H3,(H,3,4). The van der Waals surface area contributed by atoms with Crippen LogP contribution >= 0.6 is 0 Å². The van der Waals surface area contributed by atoms with E-state index in [0.29, 0.717) is 13.2 Å². The molecule has 0 aromatic heterocycles. The van der Waals surface area contributed by atoms with E-state index in [1.165, 1.54) is 13.8 Å². The summed E-state index contributed by atoms with van der Waals surface area (Å²) in [5.41, 5.74) is 0. The van der Waals surface area contributed by atoms with Crippen LogP contribution in [0.1, 0.15) is 41.5 Å². The highest BCUT2D eigenvalue weighted by Gasteiger charge is 1.82. The Kier molecular flexibility index (Phi) is 29.2. The molecule has 0 radical (unpaired) electrons. The molecule has 0 heterocycles. The van der Waals surface area contributed by atoms with E-state index in [2.05, 4.69) is 9.47 Å². The zero-order valence-electron chi connectivity index (χ0n) is 12.8. The maximum atomic E-state index is 9.82. The Morgan fingerprint density at radius 3 is 0.850 bits per heavy atom. The number of carbonyl (C=O) groups is 4. The number of esters is 2. The van der Waals surface area contributed by atoms with Gasteiger partial charge in [0.15, 0.2) is 0 Å². The molecule has 0 spiro atoms. The molecule has 0 unspecified atom stereocenters. The fourth-order valence-corrected chi connectivity index (χ4v) is 0.407. The quantitative estimate of drug-likeness (QED) is 0.730. The second-order valence-corrected chi connectivity index (χ2v) is 2.89. The van der Waals surface area contributed by atoms with Gasteiger partial charge in [-0.2, -0.15) is 0 Å². The number of rotatable bonds is 2. The first-order valence-corrected chi connectivity index (χ1v) is 5.66. The highest BCUT2D eigenvalue weighted by molar-refractivity contribution is 5.66. The second kappa shape index (κ2) is 22.1. The predicted octanol–water partition coefficient (Wildman–Crippen LogP) is 1.32. The summed E-state index contributed by atoms with van der Waals surface area (Å²) in [5.74, 6) is -2.09. The third kappa shape index (κ3) is 234. The number of carboxylic acids is 2. The zero-order chi connectivity index (χ0) is 17.1. The molecule has 0 bridgehead atoms. The molecular weight excluding hydrogens is 272 g/mol. The van der Waals surface area contributed by atoms with E-state index < -0.39 is 11.9 Å². The average Bonchev–Trinajstić information content (AvgIpc) is 2.15. The van der Waals surface area contributed by atoms with E-state index >= 15 is 0 Å². The Labute approximate surface area is 118 Å². The molecule has 8 nitrogen and oxygen atoms in total. The number of carboxylic acid groups (broad SMARTS) is 2. The normalized spacial score (nSPS) is 7.10. The maximum Gasteiger partial charge on any atom is 0.302 e. The summed E-state index contributed by atoms with van der Waals surface area (Å²) in [6.07, 6.45) is 0. The molecule has 0 aromatic carbocycles. The van der Waals surface area contributed by atoms with Crippen molar-refractivity contribution in [1.29, 1.82) is 0 Å². The lowest BCUT2D eigenvalue weighted by Gasteiger charge is -1.89. The van der Waals surface area contributed by atoms with Crippen LogP contribution in [0, 0.1) is 0 Å². The van der Waals surface area contributed by atoms with Gasteiger partial charge >= 0.3 is 11.9 Å². The average molecular weight is 296 g/mol. The summed E-state index contributed by atoms with van der Waals surface area (Å²) in [7, 11) is 0. The molecule has 0 rings (SSSR count). The van der Waals surface area contributed by atoms with Crippen molar-refractivity contribution in [2.75, 3.05) is 13.2 Å². The fourth-order valence-electron chi connectivity index (χ4n) is 0.407. The molecule has 0 aliphatic rings. The summed E-state index contributed by atoms with van der Waals surface area (Å²) in [4.78, 5) is 37.6. The molecule has 0 saturated carbocycles. The molecular formula is C12H24O8. The van der Waals surface area contributed by atoms with Crippen molar-refractivity contribution < 1.29 is 38.9 Å². The van der Waals surface area contributed by atoms with Crippen molar-refractivity contribution >= 4 is 23.9 Å². The van der Waals surface area contributed by atoms with Gasteiger partial charge in [0.1, 0.15) is 0 Å². The second-order valence-electron chi connectivity index (χ2n) is 2.89. The van der Waals surface area contributed by atoms with Crippen molar-refractivity contribution in [2.24, 2.45) is 0 Å². The lowest BCUT2D eigenvalue weighted by Crippen LogP contribution is -1.95. The minimum absolute atomic E-state index is 0.211. The summed E-state index contributed by atoms with van der Waals surface area (Å²) in [6, 6.07) is 0. The maximum absolute atomic E-state index is 9.82. The van der Waals surface area contributed by atoms with Crippen LogP contribution in [0.15, 0.2) is 0 Å². The van der Waals surface area contributed by atoms with Gasteiger partial charge in [0, 0.05) is 27.7 Å². The van der Waals surface area contributed by atoms with Gasteiger partial charge < -0.3 is 19.7 Å². The number of hydrogen-bond donors (Lipinski definition) is 2. The van der Waals surface area contributed by atoms with Gasteiger partial charge in [0.2, 0.25) is 0 Å². The molecule has 0 aliphatic carbocycles. The van der Waals surface area contributed by atoms with Gasteiger partial charge in [-0.3, -0.25) is 19.2 Å². The Balaban J connectivity index is -0.0000000871. The van der Waals surface area contributed by atoms with Crippen molar-refractivity contribution in [3.63, 3.8) is 0 Å². The molecule has 0 amide bonds. The summed E-state index contributed by atoms with van der Waals surface area (Å²) < 4.78 is 8.81. The van der Waals surface area contributed by atoms with E-state index in [0.717, 1.165) is 13.8 Å². The first-order chi connectivity index (χ1) is 9.00. The predicted molar refractivity (Wildman–Crippen MR) is 71.2 cm³/mol. The van der Waals surface area contributed by atoms with Crippen LogP contribution in [0.25, 0.3) is 0 Å². The van der Waals surface area contributed by atoms with Gasteiger partial charge in [-0.15, -0.1) is 0 Å². The van der Waals surface area contributed by atoms with Crippen LogP contribution in [0.2, 0.25) is 0 Å². The Morgan fingerprint density at radius 2 is 0.850 bits per heavy atom. The van der Waals surface area contributed by atoms with Gasteiger partial charge in [-0.25, -0.2) is 0 Å². The van der Waals surface area contributed by atoms with Gasteiger partial charge in [-0.1, -0.05) is 0 Å². The largest absolute Gasteiger partial charge is 0.481 e. The van der Waals surface area contributed by atoms with E-state index in [1.54, 1.807) is 13.8 Å². The van der Waals surface area contributed by atoms with Gasteiger partial charge in [-0.05, 0) is 13.8 Å². The van der Waals surface area contributed by atoms with E-state index in [1.807, 2.05) is 0 Å². The SMILES string of the molecule is CC(=O)O.CC(=O)O.CCOC(C)=O.CCOC(C)=O. The highest BCUT2D eigenvalue weighted by Crippen LogP contribution is 1.70. The van der Waals surface area contributed by atoms with Crippen LogP contribution in [-0.4, -0.2) is 47.3 Å². The molecule has 0 aromatic rings. The molecule has 120 valence electrons. The molecule has 20 heavy (non-hydrogen) atoms. The smallest absolute Gasteiger partial charge is 0.302 e. The number of hydrogen-bond acceptors (Lipinski definition) is 6. The minimum Gasteiger partial charge on any atom is -0.481 e. The Morgan fingerprint density at radius 1 is 0.700 bits per heavy atom. The summed E-state index contributed by atoms with van der Waals surface area (Å²) in [5, 5.41) is 14.8. The molecule has 8 heteroatoms. The molecule has 0 fully saturated rings. The van der Waals surface area contributed by atoms with E-state index in [-0.39, 0.29) is 11.9 Å². The lowest BCUT2D eigenvalue weighted by molar-refractivity contribution is -0.141. The summed E-state index contributed by atoms with van der Waals surface area (Å²) in [6.45, 7) is 9.47.